The van der Waals surface area contributed by atoms with E-state index >= 15 is 0 Å². The van der Waals surface area contributed by atoms with Crippen molar-refractivity contribution < 1.29 is 8.78 Å². The van der Waals surface area contributed by atoms with Gasteiger partial charge in [0.25, 0.3) is 0 Å². The Bertz CT molecular complexity index is 1390. The van der Waals surface area contributed by atoms with Crippen LogP contribution >= 0.6 is 0 Å². The number of benzene rings is 2. The summed E-state index contributed by atoms with van der Waals surface area (Å²) in [5, 5.41) is 8.52. The third kappa shape index (κ3) is 3.32. The lowest BCUT2D eigenvalue weighted by Gasteiger charge is -2.23. The number of anilines is 1. The molecule has 0 saturated carbocycles. The highest BCUT2D eigenvalue weighted by molar-refractivity contribution is 5.72. The summed E-state index contributed by atoms with van der Waals surface area (Å²) in [6.45, 7) is 4.93. The van der Waals surface area contributed by atoms with Gasteiger partial charge in [0, 0.05) is 54.8 Å². The van der Waals surface area contributed by atoms with Gasteiger partial charge in [-0.2, -0.15) is 0 Å². The minimum absolute atomic E-state index is 0.364. The van der Waals surface area contributed by atoms with Crippen LogP contribution in [0, 0.1) is 17.6 Å². The second-order valence-corrected chi connectivity index (χ2v) is 9.62. The van der Waals surface area contributed by atoms with E-state index in [0.717, 1.165) is 36.1 Å². The Morgan fingerprint density at radius 3 is 2.65 bits per heavy atom. The van der Waals surface area contributed by atoms with E-state index in [0.29, 0.717) is 35.5 Å². The van der Waals surface area contributed by atoms with E-state index in [1.165, 1.54) is 17.8 Å². The van der Waals surface area contributed by atoms with E-state index in [9.17, 15) is 8.78 Å². The van der Waals surface area contributed by atoms with Crippen LogP contribution in [0.3, 0.4) is 0 Å². The molecule has 6 rings (SSSR count). The highest BCUT2D eigenvalue weighted by atomic mass is 19.1. The first kappa shape index (κ1) is 21.0. The Kier molecular flexibility index (Phi) is 4.81. The molecule has 0 radical (unpaired) electrons. The van der Waals surface area contributed by atoms with Crippen molar-refractivity contribution in [3.05, 3.63) is 72.2 Å². The zero-order chi connectivity index (χ0) is 23.6. The van der Waals surface area contributed by atoms with Crippen LogP contribution in [-0.2, 0) is 6.54 Å². The molecule has 0 spiro atoms. The maximum absolute atomic E-state index is 14.5. The molecule has 0 bridgehead atoms. The molecule has 2 aliphatic rings. The molecule has 0 amide bonds. The van der Waals surface area contributed by atoms with Gasteiger partial charge in [-0.1, -0.05) is 6.92 Å². The van der Waals surface area contributed by atoms with Crippen molar-refractivity contribution in [2.24, 2.45) is 5.92 Å². The minimum Gasteiger partial charge on any atom is -0.370 e. The summed E-state index contributed by atoms with van der Waals surface area (Å²) in [7, 11) is 4.29. The summed E-state index contributed by atoms with van der Waals surface area (Å²) in [5.74, 6) is 0.115. The van der Waals surface area contributed by atoms with Crippen LogP contribution in [0.5, 0.6) is 0 Å². The van der Waals surface area contributed by atoms with Crippen molar-refractivity contribution in [1.82, 2.24) is 24.2 Å². The lowest BCUT2D eigenvalue weighted by atomic mass is 10.1. The molecule has 2 aromatic carbocycles. The van der Waals surface area contributed by atoms with Gasteiger partial charge in [0.05, 0.1) is 11.4 Å². The molecule has 1 saturated heterocycles. The van der Waals surface area contributed by atoms with E-state index in [1.54, 1.807) is 6.33 Å². The lowest BCUT2D eigenvalue weighted by molar-refractivity contribution is 0.266. The van der Waals surface area contributed by atoms with Crippen LogP contribution in [0.4, 0.5) is 14.5 Å². The fourth-order valence-electron chi connectivity index (χ4n) is 5.43. The first-order chi connectivity index (χ1) is 16.4. The predicted octanol–water partition coefficient (Wildman–Crippen LogP) is 4.43. The van der Waals surface area contributed by atoms with Gasteiger partial charge in [0.2, 0.25) is 0 Å². The number of nitrogens with zero attached hydrogens (tertiary/aromatic N) is 6. The Hall–Kier alpha value is -3.52. The Balaban J connectivity index is 1.42. The maximum atomic E-state index is 14.5. The molecule has 4 aromatic rings. The summed E-state index contributed by atoms with van der Waals surface area (Å²) in [6, 6.07) is 12.7. The SMILES string of the molecule is C[C@@H]1CN(c2ccc3c(c2)Cn2cc(-c4ccc(F)cc4F)cc2-c2nncn2-3)C[C@H]1N(C)C. The van der Waals surface area contributed by atoms with Gasteiger partial charge in [-0.15, -0.1) is 10.2 Å². The molecule has 6 nitrogen and oxygen atoms in total. The van der Waals surface area contributed by atoms with Crippen LogP contribution in [-0.4, -0.2) is 57.5 Å². The first-order valence-electron chi connectivity index (χ1n) is 11.5. The first-order valence-corrected chi connectivity index (χ1v) is 11.5. The van der Waals surface area contributed by atoms with Gasteiger partial charge in [0.1, 0.15) is 18.0 Å². The highest BCUT2D eigenvalue weighted by Crippen LogP contribution is 2.36. The summed E-state index contributed by atoms with van der Waals surface area (Å²) in [6.07, 6.45) is 3.63. The van der Waals surface area contributed by atoms with Gasteiger partial charge in [-0.05, 0) is 62.0 Å². The fourth-order valence-corrected chi connectivity index (χ4v) is 5.43. The molecule has 2 aromatic heterocycles. The van der Waals surface area contributed by atoms with E-state index in [4.69, 9.17) is 0 Å². The third-order valence-corrected chi connectivity index (χ3v) is 7.18. The molecule has 34 heavy (non-hydrogen) atoms. The smallest absolute Gasteiger partial charge is 0.185 e. The van der Waals surface area contributed by atoms with Gasteiger partial charge in [0.15, 0.2) is 5.82 Å². The van der Waals surface area contributed by atoms with E-state index < -0.39 is 11.6 Å². The Morgan fingerprint density at radius 1 is 1.03 bits per heavy atom. The number of hydrogen-bond acceptors (Lipinski definition) is 4. The summed E-state index contributed by atoms with van der Waals surface area (Å²) in [5.41, 5.74) is 5.27. The fraction of sp³-hybridized carbons (Fsp3) is 0.308. The standard InChI is InChI=1S/C26H26F2N6/c1-16-11-32(14-25(16)31(2)3)20-5-7-23-18(8-20)13-33-12-17(21-6-4-19(27)10-22(21)28)9-24(33)26-30-29-15-34(23)26/h4-10,12,15-16,25H,11,13-14H2,1-3H3/t16-,25-/m1/s1. The average Bonchev–Trinajstić information content (AvgIpc) is 3.51. The third-order valence-electron chi connectivity index (χ3n) is 7.18. The van der Waals surface area contributed by atoms with E-state index in [1.807, 2.05) is 16.8 Å². The van der Waals surface area contributed by atoms with Gasteiger partial charge >= 0.3 is 0 Å². The molecule has 4 heterocycles. The van der Waals surface area contributed by atoms with Crippen LogP contribution in [0.25, 0.3) is 28.3 Å². The Morgan fingerprint density at radius 2 is 1.88 bits per heavy atom. The predicted molar refractivity (Wildman–Crippen MR) is 128 cm³/mol. The van der Waals surface area contributed by atoms with Gasteiger partial charge in [-0.25, -0.2) is 8.78 Å². The second-order valence-electron chi connectivity index (χ2n) is 9.62. The van der Waals surface area contributed by atoms with E-state index in [-0.39, 0.29) is 0 Å². The number of rotatable bonds is 3. The van der Waals surface area contributed by atoms with Crippen molar-refractivity contribution in [2.45, 2.75) is 19.5 Å². The second kappa shape index (κ2) is 7.77. The summed E-state index contributed by atoms with van der Waals surface area (Å²) < 4.78 is 32.0. The number of likely N-dealkylation sites (N-methyl/N-ethyl adjacent to an activating group) is 1. The number of aromatic nitrogens is 4. The average molecular weight is 461 g/mol. The molecule has 0 unspecified atom stereocenters. The molecule has 2 atom stereocenters. The van der Waals surface area contributed by atoms with Crippen molar-refractivity contribution >= 4 is 5.69 Å². The molecule has 0 aliphatic carbocycles. The molecule has 0 N–H and O–H groups in total. The number of halogens is 2. The molecular weight excluding hydrogens is 434 g/mol. The largest absolute Gasteiger partial charge is 0.370 e. The number of fused-ring (bicyclic) bond motifs is 5. The van der Waals surface area contributed by atoms with Gasteiger partial charge in [-0.3, -0.25) is 4.57 Å². The topological polar surface area (TPSA) is 42.1 Å². The van der Waals surface area contributed by atoms with Crippen molar-refractivity contribution in [2.75, 3.05) is 32.1 Å². The minimum atomic E-state index is -0.587. The monoisotopic (exact) mass is 460 g/mol. The number of hydrogen-bond donors (Lipinski definition) is 0. The summed E-state index contributed by atoms with van der Waals surface area (Å²) in [4.78, 5) is 4.75. The van der Waals surface area contributed by atoms with Crippen molar-refractivity contribution in [1.29, 1.82) is 0 Å². The highest BCUT2D eigenvalue weighted by Gasteiger charge is 2.32. The normalized spacial score (nSPS) is 19.2. The van der Waals surface area contributed by atoms with Crippen LogP contribution < -0.4 is 4.90 Å². The molecule has 8 heteroatoms. The van der Waals surface area contributed by atoms with Gasteiger partial charge < -0.3 is 14.4 Å². The summed E-state index contributed by atoms with van der Waals surface area (Å²) >= 11 is 0. The van der Waals surface area contributed by atoms with Crippen LogP contribution in [0.1, 0.15) is 12.5 Å². The maximum Gasteiger partial charge on any atom is 0.185 e. The quantitative estimate of drug-likeness (QED) is 0.400. The zero-order valence-corrected chi connectivity index (χ0v) is 19.4. The molecule has 1 fully saturated rings. The van der Waals surface area contributed by atoms with Crippen LogP contribution in [0.2, 0.25) is 0 Å². The molecular formula is C26H26F2N6. The van der Waals surface area contributed by atoms with Crippen molar-refractivity contribution in [3.63, 3.8) is 0 Å². The molecule has 174 valence electrons. The molecule has 2 aliphatic heterocycles. The van der Waals surface area contributed by atoms with Crippen LogP contribution in [0.15, 0.2) is 55.0 Å². The Labute approximate surface area is 197 Å². The zero-order valence-electron chi connectivity index (χ0n) is 19.4. The van der Waals surface area contributed by atoms with E-state index in [2.05, 4.69) is 63.8 Å². The lowest BCUT2D eigenvalue weighted by Crippen LogP contribution is -2.34. The van der Waals surface area contributed by atoms with Crippen molar-refractivity contribution in [3.8, 4) is 28.3 Å².